The van der Waals surface area contributed by atoms with Crippen LogP contribution in [-0.4, -0.2) is 37.2 Å². The lowest BCUT2D eigenvalue weighted by Crippen LogP contribution is -2.30. The molecule has 0 aromatic rings. The van der Waals surface area contributed by atoms with Crippen molar-refractivity contribution in [2.75, 3.05) is 13.2 Å². The van der Waals surface area contributed by atoms with Crippen molar-refractivity contribution in [3.63, 3.8) is 0 Å². The summed E-state index contributed by atoms with van der Waals surface area (Å²) in [6.45, 7) is 6.22. The van der Waals surface area contributed by atoms with E-state index in [2.05, 4.69) is 167 Å². The molecule has 83 heavy (non-hydrogen) atoms. The quantitative estimate of drug-likeness (QED) is 0.0261. The Kier molecular flexibility index (Phi) is 65.4. The molecule has 0 aliphatic carbocycles. The number of ether oxygens (including phenoxy) is 3. The van der Waals surface area contributed by atoms with Crippen LogP contribution in [0.3, 0.4) is 0 Å². The van der Waals surface area contributed by atoms with E-state index in [1.54, 1.807) is 0 Å². The summed E-state index contributed by atoms with van der Waals surface area (Å²) in [5.74, 6) is -1.04. The van der Waals surface area contributed by atoms with Gasteiger partial charge in [-0.15, -0.1) is 0 Å². The van der Waals surface area contributed by atoms with Crippen LogP contribution in [0.4, 0.5) is 0 Å². The van der Waals surface area contributed by atoms with Gasteiger partial charge in [-0.1, -0.05) is 301 Å². The Labute approximate surface area is 511 Å². The molecule has 6 nitrogen and oxygen atoms in total. The van der Waals surface area contributed by atoms with Crippen molar-refractivity contribution in [1.82, 2.24) is 0 Å². The van der Waals surface area contributed by atoms with Crippen LogP contribution in [0.1, 0.15) is 290 Å². The van der Waals surface area contributed by atoms with Gasteiger partial charge in [0, 0.05) is 19.3 Å². The molecule has 0 saturated carbocycles. The van der Waals surface area contributed by atoms with E-state index in [4.69, 9.17) is 14.2 Å². The van der Waals surface area contributed by atoms with Gasteiger partial charge in [-0.25, -0.2) is 0 Å². The Morgan fingerprint density at radius 1 is 0.241 bits per heavy atom. The average molecular weight is 1150 g/mol. The number of unbranched alkanes of at least 4 members (excludes halogenated alkanes) is 23. The lowest BCUT2D eigenvalue weighted by atomic mass is 10.0. The van der Waals surface area contributed by atoms with Gasteiger partial charge in [0.15, 0.2) is 6.10 Å². The standard InChI is InChI=1S/C77H124O6/c1-4-7-10-13-16-19-22-25-27-29-31-32-33-34-35-36-37-38-39-40-41-42-43-44-46-47-49-52-55-58-61-64-67-70-76(79)82-73-74(72-81-75(78)69-66-63-60-57-54-51-24-21-18-15-12-9-6-3)83-77(80)71-68-65-62-59-56-53-50-48-45-30-28-26-23-20-17-14-11-8-5-2/h7-12,16-21,25-28,31-32,45,48,51,53-54,56,62,65,74H,4-6,13-15,22-24,29-30,33-44,46-47,49-50,52,55,57-61,63-64,66-73H2,1-3H3/b10-7-,11-8-,12-9-,19-16-,20-17-,21-18-,27-25-,28-26-,32-31-,48-45-,54-51-,56-53-,65-62-. The second kappa shape index (κ2) is 69.5. The molecule has 468 valence electrons. The third-order valence-corrected chi connectivity index (χ3v) is 14.0. The zero-order chi connectivity index (χ0) is 59.9. The highest BCUT2D eigenvalue weighted by Crippen LogP contribution is 2.16. The van der Waals surface area contributed by atoms with E-state index in [1.807, 2.05) is 12.2 Å². The van der Waals surface area contributed by atoms with E-state index in [9.17, 15) is 14.4 Å². The summed E-state index contributed by atoms with van der Waals surface area (Å²) < 4.78 is 16.8. The molecular formula is C77H124O6. The summed E-state index contributed by atoms with van der Waals surface area (Å²) in [6, 6.07) is 0. The van der Waals surface area contributed by atoms with Gasteiger partial charge < -0.3 is 14.2 Å². The zero-order valence-electron chi connectivity index (χ0n) is 53.7. The summed E-state index contributed by atoms with van der Waals surface area (Å²) in [6.07, 6.45) is 102. The zero-order valence-corrected chi connectivity index (χ0v) is 53.7. The highest BCUT2D eigenvalue weighted by atomic mass is 16.6. The Balaban J connectivity index is 4.28. The van der Waals surface area contributed by atoms with Crippen LogP contribution in [-0.2, 0) is 28.6 Å². The molecule has 0 aliphatic rings. The maximum Gasteiger partial charge on any atom is 0.306 e. The molecule has 0 saturated heterocycles. The summed E-state index contributed by atoms with van der Waals surface area (Å²) in [5.41, 5.74) is 0. The number of carbonyl (C=O) groups is 3. The van der Waals surface area contributed by atoms with Gasteiger partial charge in [0.25, 0.3) is 0 Å². The lowest BCUT2D eigenvalue weighted by Gasteiger charge is -2.18. The second-order valence-corrected chi connectivity index (χ2v) is 21.9. The van der Waals surface area contributed by atoms with Gasteiger partial charge in [0.2, 0.25) is 0 Å². The molecule has 1 atom stereocenters. The SMILES string of the molecule is CC/C=C\C/C=C\C/C=C\C/C=C\C/C=C\C/C=C\CCC(=O)OC(COC(=O)CCCCC/C=C\C/C=C\C/C=C\CC)COC(=O)CCCCCCCCCCCCCCCCCCCCCC/C=C\C/C=C\C/C=C\C/C=C\CC. The van der Waals surface area contributed by atoms with E-state index in [-0.39, 0.29) is 31.6 Å². The Hall–Kier alpha value is -4.97. The van der Waals surface area contributed by atoms with Gasteiger partial charge in [-0.2, -0.15) is 0 Å². The number of hydrogen-bond donors (Lipinski definition) is 0. The van der Waals surface area contributed by atoms with Crippen LogP contribution in [0.2, 0.25) is 0 Å². The number of esters is 3. The fraction of sp³-hybridized carbons (Fsp3) is 0.623. The van der Waals surface area contributed by atoms with Crippen LogP contribution < -0.4 is 0 Å². The van der Waals surface area contributed by atoms with E-state index in [0.29, 0.717) is 19.3 Å². The molecule has 0 amide bonds. The van der Waals surface area contributed by atoms with Crippen LogP contribution in [0.25, 0.3) is 0 Å². The van der Waals surface area contributed by atoms with E-state index in [1.165, 1.54) is 116 Å². The summed E-state index contributed by atoms with van der Waals surface area (Å²) >= 11 is 0. The largest absolute Gasteiger partial charge is 0.462 e. The van der Waals surface area contributed by atoms with Crippen molar-refractivity contribution in [2.45, 2.75) is 297 Å². The Bertz CT molecular complexity index is 1840. The van der Waals surface area contributed by atoms with Crippen LogP contribution >= 0.6 is 0 Å². The van der Waals surface area contributed by atoms with Crippen molar-refractivity contribution in [1.29, 1.82) is 0 Å². The predicted molar refractivity (Wildman–Crippen MR) is 362 cm³/mol. The number of allylic oxidation sites excluding steroid dienone is 26. The number of carbonyl (C=O) groups excluding carboxylic acids is 3. The normalized spacial score (nSPS) is 13.1. The van der Waals surface area contributed by atoms with Crippen molar-refractivity contribution >= 4 is 17.9 Å². The smallest absolute Gasteiger partial charge is 0.306 e. The minimum Gasteiger partial charge on any atom is -0.462 e. The fourth-order valence-electron chi connectivity index (χ4n) is 9.06. The first-order valence-corrected chi connectivity index (χ1v) is 34.0. The number of rotatable bonds is 60. The minimum absolute atomic E-state index is 0.121. The van der Waals surface area contributed by atoms with E-state index >= 15 is 0 Å². The predicted octanol–water partition coefficient (Wildman–Crippen LogP) is 23.7. The molecule has 6 heteroatoms. The van der Waals surface area contributed by atoms with Crippen molar-refractivity contribution in [3.05, 3.63) is 158 Å². The maximum absolute atomic E-state index is 12.9. The topological polar surface area (TPSA) is 78.9 Å². The molecule has 0 spiro atoms. The van der Waals surface area contributed by atoms with Gasteiger partial charge in [0.1, 0.15) is 13.2 Å². The van der Waals surface area contributed by atoms with Gasteiger partial charge in [0.05, 0.1) is 0 Å². The molecule has 0 bridgehead atoms. The molecule has 0 aromatic carbocycles. The first-order chi connectivity index (χ1) is 41.0. The van der Waals surface area contributed by atoms with Crippen LogP contribution in [0.15, 0.2) is 158 Å². The van der Waals surface area contributed by atoms with Crippen molar-refractivity contribution in [2.24, 2.45) is 0 Å². The molecule has 0 N–H and O–H groups in total. The third kappa shape index (κ3) is 67.7. The van der Waals surface area contributed by atoms with Crippen LogP contribution in [0.5, 0.6) is 0 Å². The summed E-state index contributed by atoms with van der Waals surface area (Å²) in [5, 5.41) is 0. The summed E-state index contributed by atoms with van der Waals surface area (Å²) in [4.78, 5) is 38.3. The van der Waals surface area contributed by atoms with E-state index in [0.717, 1.165) is 128 Å². The van der Waals surface area contributed by atoms with Gasteiger partial charge in [-0.05, 0) is 128 Å². The molecule has 0 aromatic heterocycles. The highest BCUT2D eigenvalue weighted by molar-refractivity contribution is 5.71. The van der Waals surface area contributed by atoms with Gasteiger partial charge >= 0.3 is 17.9 Å². The van der Waals surface area contributed by atoms with Crippen LogP contribution in [0, 0.1) is 0 Å². The molecular weight excluding hydrogens is 1020 g/mol. The van der Waals surface area contributed by atoms with Crippen molar-refractivity contribution in [3.8, 4) is 0 Å². The lowest BCUT2D eigenvalue weighted by molar-refractivity contribution is -0.166. The average Bonchev–Trinajstić information content (AvgIpc) is 3.49. The fourth-order valence-corrected chi connectivity index (χ4v) is 9.06. The molecule has 0 radical (unpaired) electrons. The summed E-state index contributed by atoms with van der Waals surface area (Å²) in [7, 11) is 0. The minimum atomic E-state index is -0.837. The molecule has 0 heterocycles. The Morgan fingerprint density at radius 3 is 0.735 bits per heavy atom. The molecule has 1 unspecified atom stereocenters. The molecule has 0 aliphatic heterocycles. The molecule has 0 rings (SSSR count). The van der Waals surface area contributed by atoms with Gasteiger partial charge in [-0.3, -0.25) is 14.4 Å². The van der Waals surface area contributed by atoms with E-state index < -0.39 is 12.1 Å². The number of hydrogen-bond acceptors (Lipinski definition) is 6. The monoisotopic (exact) mass is 1140 g/mol. The second-order valence-electron chi connectivity index (χ2n) is 21.9. The first-order valence-electron chi connectivity index (χ1n) is 34.0. The maximum atomic E-state index is 12.9. The first kappa shape index (κ1) is 78.0. The Morgan fingerprint density at radius 2 is 0.458 bits per heavy atom. The highest BCUT2D eigenvalue weighted by Gasteiger charge is 2.19. The van der Waals surface area contributed by atoms with Crippen molar-refractivity contribution < 1.29 is 28.6 Å². The third-order valence-electron chi connectivity index (χ3n) is 14.0. The molecule has 0 fully saturated rings.